The summed E-state index contributed by atoms with van der Waals surface area (Å²) < 4.78 is 21.4. The number of halogens is 1. The van der Waals surface area contributed by atoms with Crippen molar-refractivity contribution in [1.82, 2.24) is 25.5 Å². The molecule has 11 heteroatoms. The van der Waals surface area contributed by atoms with Crippen LogP contribution < -0.4 is 22.3 Å². The van der Waals surface area contributed by atoms with Crippen LogP contribution in [0.1, 0.15) is 48.1 Å². The minimum absolute atomic E-state index is 0.0529. The van der Waals surface area contributed by atoms with Gasteiger partial charge in [-0.05, 0) is 43.5 Å². The molecule has 5 N–H and O–H groups in total. The fourth-order valence-electron chi connectivity index (χ4n) is 5.33. The number of pyridine rings is 2. The normalized spacial score (nSPS) is 20.8. The van der Waals surface area contributed by atoms with Gasteiger partial charge in [0.25, 0.3) is 5.56 Å². The minimum atomic E-state index is -1.92. The van der Waals surface area contributed by atoms with E-state index >= 15 is 0 Å². The Labute approximate surface area is 211 Å². The van der Waals surface area contributed by atoms with Gasteiger partial charge < -0.3 is 25.6 Å². The van der Waals surface area contributed by atoms with Crippen LogP contribution in [0.5, 0.6) is 0 Å². The summed E-state index contributed by atoms with van der Waals surface area (Å²) in [5.74, 6) is -1.16. The topological polar surface area (TPSA) is 135 Å². The van der Waals surface area contributed by atoms with Crippen molar-refractivity contribution in [2.45, 2.75) is 58.5 Å². The van der Waals surface area contributed by atoms with Crippen molar-refractivity contribution in [3.8, 4) is 11.4 Å². The number of carbonyl (C=O) groups excluding carboxylic acids is 1. The van der Waals surface area contributed by atoms with Gasteiger partial charge in [-0.25, -0.2) is 14.2 Å². The lowest BCUT2D eigenvalue weighted by molar-refractivity contribution is -0.172. The number of hydrazine groups is 2. The number of esters is 1. The summed E-state index contributed by atoms with van der Waals surface area (Å²) in [6.07, 6.45) is 1.92. The second kappa shape index (κ2) is 8.10. The predicted molar refractivity (Wildman–Crippen MR) is 133 cm³/mol. The molecule has 10 nitrogen and oxygen atoms in total. The Hall–Kier alpha value is -3.80. The molecule has 3 aliphatic rings. The zero-order chi connectivity index (χ0) is 26.2. The largest absolute Gasteiger partial charge is 0.458 e. The molecular formula is C26H27FN6O4. The van der Waals surface area contributed by atoms with E-state index in [1.807, 2.05) is 18.1 Å². The number of carbonyl (C=O) groups is 1. The van der Waals surface area contributed by atoms with Crippen molar-refractivity contribution in [2.24, 2.45) is 5.73 Å². The molecule has 3 aliphatic heterocycles. The van der Waals surface area contributed by atoms with Gasteiger partial charge in [-0.1, -0.05) is 6.92 Å². The molecule has 2 aromatic heterocycles. The molecule has 0 saturated carbocycles. The van der Waals surface area contributed by atoms with Crippen LogP contribution in [0.25, 0.3) is 22.3 Å². The van der Waals surface area contributed by atoms with Crippen molar-refractivity contribution in [2.75, 3.05) is 0 Å². The van der Waals surface area contributed by atoms with Crippen molar-refractivity contribution < 1.29 is 19.0 Å². The van der Waals surface area contributed by atoms with Crippen LogP contribution in [0.15, 0.2) is 34.9 Å². The maximum absolute atomic E-state index is 14.6. The third kappa shape index (κ3) is 3.38. The Morgan fingerprint density at radius 3 is 2.78 bits per heavy atom. The highest BCUT2D eigenvalue weighted by Gasteiger charge is 2.45. The minimum Gasteiger partial charge on any atom is -0.458 e. The number of nitrogens with two attached hydrogens (primary N) is 1. The lowest BCUT2D eigenvalue weighted by atomic mass is 9.86. The van der Waals surface area contributed by atoms with Gasteiger partial charge in [-0.2, -0.15) is 0 Å². The number of aliphatic hydroxyl groups is 1. The highest BCUT2D eigenvalue weighted by molar-refractivity contribution is 5.89. The number of hydrogen-bond acceptors (Lipinski definition) is 9. The summed E-state index contributed by atoms with van der Waals surface area (Å²) in [5, 5.41) is 13.7. The Balaban J connectivity index is 1.58. The smallest absolute Gasteiger partial charge is 0.343 e. The summed E-state index contributed by atoms with van der Waals surface area (Å²) in [6.45, 7) is 5.66. The average molecular weight is 507 g/mol. The second-order valence-electron chi connectivity index (χ2n) is 9.88. The summed E-state index contributed by atoms with van der Waals surface area (Å²) in [6, 6.07) is 4.62. The summed E-state index contributed by atoms with van der Waals surface area (Å²) in [7, 11) is 0. The van der Waals surface area contributed by atoms with E-state index in [1.165, 1.54) is 6.07 Å². The highest BCUT2D eigenvalue weighted by Crippen LogP contribution is 2.40. The van der Waals surface area contributed by atoms with Gasteiger partial charge >= 0.3 is 5.97 Å². The Bertz CT molecular complexity index is 1600. The van der Waals surface area contributed by atoms with E-state index in [9.17, 15) is 19.1 Å². The molecule has 1 aromatic carbocycles. The zero-order valence-corrected chi connectivity index (χ0v) is 20.7. The van der Waals surface area contributed by atoms with Crippen LogP contribution >= 0.6 is 0 Å². The number of aryl methyl sites for hydroxylation is 1. The number of nitrogens with one attached hydrogen (secondary N) is 2. The molecule has 0 radical (unpaired) electrons. The third-order valence-electron chi connectivity index (χ3n) is 7.54. The predicted octanol–water partition coefficient (Wildman–Crippen LogP) is 1.54. The first kappa shape index (κ1) is 23.6. The van der Waals surface area contributed by atoms with Crippen LogP contribution in [0, 0.1) is 12.7 Å². The van der Waals surface area contributed by atoms with E-state index in [4.69, 9.17) is 15.5 Å². The SMILES string of the molecule is CC[C@@]1(O)C(=O)OCc2c1cc1n(c2=O)Cc2c-1nc1cc(F)c(C)cc1c2CN1C=C(C(C)N)NN1. The Morgan fingerprint density at radius 2 is 2.08 bits per heavy atom. The van der Waals surface area contributed by atoms with Gasteiger partial charge in [0.2, 0.25) is 0 Å². The number of nitrogens with zero attached hydrogens (tertiary/aromatic N) is 3. The lowest BCUT2D eigenvalue weighted by Crippen LogP contribution is -2.44. The van der Waals surface area contributed by atoms with Crippen LogP contribution in [-0.2, 0) is 34.8 Å². The van der Waals surface area contributed by atoms with Crippen LogP contribution in [-0.4, -0.2) is 31.7 Å². The van der Waals surface area contributed by atoms with Gasteiger partial charge in [-0.3, -0.25) is 9.80 Å². The maximum Gasteiger partial charge on any atom is 0.343 e. The van der Waals surface area contributed by atoms with Crippen LogP contribution in [0.2, 0.25) is 0 Å². The third-order valence-corrected chi connectivity index (χ3v) is 7.54. The molecule has 0 bridgehead atoms. The average Bonchev–Trinajstić information content (AvgIpc) is 3.48. The van der Waals surface area contributed by atoms with E-state index in [0.29, 0.717) is 29.0 Å². The van der Waals surface area contributed by atoms with Gasteiger partial charge in [0.05, 0.1) is 41.3 Å². The quantitative estimate of drug-likeness (QED) is 0.304. The second-order valence-corrected chi connectivity index (χ2v) is 9.88. The van der Waals surface area contributed by atoms with E-state index in [1.54, 1.807) is 30.5 Å². The molecule has 0 aliphatic carbocycles. The highest BCUT2D eigenvalue weighted by atomic mass is 19.1. The van der Waals surface area contributed by atoms with Gasteiger partial charge in [-0.15, -0.1) is 5.53 Å². The Morgan fingerprint density at radius 1 is 1.30 bits per heavy atom. The fraction of sp³-hybridized carbons (Fsp3) is 0.346. The summed E-state index contributed by atoms with van der Waals surface area (Å²) >= 11 is 0. The number of aromatic nitrogens is 2. The molecule has 0 saturated heterocycles. The van der Waals surface area contributed by atoms with Gasteiger partial charge in [0.15, 0.2) is 5.60 Å². The van der Waals surface area contributed by atoms with Crippen molar-refractivity contribution in [1.29, 1.82) is 0 Å². The molecule has 37 heavy (non-hydrogen) atoms. The van der Waals surface area contributed by atoms with Crippen LogP contribution in [0.3, 0.4) is 0 Å². The first-order valence-corrected chi connectivity index (χ1v) is 12.2. The number of ether oxygens (including phenoxy) is 1. The number of rotatable bonds is 4. The lowest BCUT2D eigenvalue weighted by Gasteiger charge is -2.31. The van der Waals surface area contributed by atoms with E-state index in [2.05, 4.69) is 11.0 Å². The summed E-state index contributed by atoms with van der Waals surface area (Å²) in [4.78, 5) is 30.8. The van der Waals surface area contributed by atoms with Crippen molar-refractivity contribution in [3.05, 3.63) is 74.1 Å². The molecule has 3 aromatic rings. The number of hydrogen-bond donors (Lipinski definition) is 4. The molecule has 1 unspecified atom stereocenters. The first-order valence-electron chi connectivity index (χ1n) is 12.2. The van der Waals surface area contributed by atoms with E-state index in [0.717, 1.165) is 22.2 Å². The number of benzene rings is 1. The van der Waals surface area contributed by atoms with Gasteiger partial charge in [0, 0.05) is 34.8 Å². The number of cyclic esters (lactones) is 1. The molecule has 6 rings (SSSR count). The van der Waals surface area contributed by atoms with E-state index in [-0.39, 0.29) is 48.1 Å². The Kier molecular flexibility index (Phi) is 5.17. The molecule has 5 heterocycles. The molecule has 0 fully saturated rings. The standard InChI is InChI=1S/C26H27FN6O4/c1-4-26(36)18-6-22-23-16(9-33(22)24(34)17(18)11-37-25(26)35)15(8-32-10-21(13(3)28)30-31-32)14-5-12(2)19(27)7-20(14)29-23/h5-7,10,13,30-31,36H,4,8-9,11,28H2,1-3H3/t13?,26-/m0/s1. The number of fused-ring (bicyclic) bond motifs is 5. The maximum atomic E-state index is 14.6. The summed E-state index contributed by atoms with van der Waals surface area (Å²) in [5.41, 5.74) is 14.8. The molecule has 0 spiro atoms. The van der Waals surface area contributed by atoms with Crippen molar-refractivity contribution in [3.63, 3.8) is 0 Å². The molecule has 192 valence electrons. The fourth-order valence-corrected chi connectivity index (χ4v) is 5.33. The van der Waals surface area contributed by atoms with Gasteiger partial charge in [0.1, 0.15) is 12.4 Å². The van der Waals surface area contributed by atoms with Crippen LogP contribution in [0.4, 0.5) is 4.39 Å². The molecular weight excluding hydrogens is 479 g/mol. The first-order chi connectivity index (χ1) is 17.6. The molecule has 2 atom stereocenters. The molecule has 0 amide bonds. The monoisotopic (exact) mass is 506 g/mol. The van der Waals surface area contributed by atoms with E-state index < -0.39 is 11.6 Å². The van der Waals surface area contributed by atoms with Crippen molar-refractivity contribution >= 4 is 16.9 Å². The zero-order valence-electron chi connectivity index (χ0n) is 20.7.